The molecule has 0 heterocycles. The number of nitro benzene ring substituents is 1. The Morgan fingerprint density at radius 3 is 2.47 bits per heavy atom. The number of rotatable bonds is 3. The second-order valence-electron chi connectivity index (χ2n) is 4.09. The monoisotopic (exact) mass is 245 g/mol. The third kappa shape index (κ3) is 3.52. The molecule has 0 atom stereocenters. The molecule has 6 heteroatoms. The maximum atomic E-state index is 10.5. The molecule has 0 fully saturated rings. The Balaban J connectivity index is 3.06. The van der Waals surface area contributed by atoms with Gasteiger partial charge in [0, 0.05) is 6.07 Å². The lowest BCUT2D eigenvalue weighted by atomic mass is 10.3. The van der Waals surface area contributed by atoms with E-state index in [1.54, 1.807) is 0 Å². The highest BCUT2D eigenvalue weighted by molar-refractivity contribution is 6.70. The van der Waals surface area contributed by atoms with Gasteiger partial charge in [-0.1, -0.05) is 11.6 Å². The van der Waals surface area contributed by atoms with Crippen LogP contribution in [0.25, 0.3) is 0 Å². The van der Waals surface area contributed by atoms with Crippen molar-refractivity contribution in [2.45, 2.75) is 19.6 Å². The third-order valence-corrected chi connectivity index (χ3v) is 2.69. The molecule has 0 N–H and O–H groups in total. The molecule has 0 aliphatic rings. The average molecular weight is 246 g/mol. The summed E-state index contributed by atoms with van der Waals surface area (Å²) >= 11 is 5.88. The molecule has 82 valence electrons. The van der Waals surface area contributed by atoms with Crippen LogP contribution < -0.4 is 4.43 Å². The molecule has 0 radical (unpaired) electrons. The standard InChI is InChI=1S/C9H12ClNO3Si/c1-15(2,3)14-9-6-7(11(12)13)4-5-8(9)10/h4-6H,1-3H3. The molecule has 0 saturated heterocycles. The molecular weight excluding hydrogens is 234 g/mol. The van der Waals surface area contributed by atoms with Crippen LogP contribution in [0.3, 0.4) is 0 Å². The Morgan fingerprint density at radius 1 is 1.40 bits per heavy atom. The Hall–Kier alpha value is -1.07. The van der Waals surface area contributed by atoms with Crippen LogP contribution in [0.2, 0.25) is 24.7 Å². The molecule has 0 unspecified atom stereocenters. The van der Waals surface area contributed by atoms with Crippen molar-refractivity contribution in [3.63, 3.8) is 0 Å². The van der Waals surface area contributed by atoms with E-state index in [1.807, 2.05) is 19.6 Å². The number of hydrogen-bond acceptors (Lipinski definition) is 3. The highest BCUT2D eigenvalue weighted by atomic mass is 35.5. The van der Waals surface area contributed by atoms with Crippen molar-refractivity contribution < 1.29 is 9.35 Å². The number of hydrogen-bond donors (Lipinski definition) is 0. The molecule has 4 nitrogen and oxygen atoms in total. The molecular formula is C9H12ClNO3Si. The first-order valence-electron chi connectivity index (χ1n) is 4.42. The van der Waals surface area contributed by atoms with E-state index < -0.39 is 13.2 Å². The van der Waals surface area contributed by atoms with E-state index >= 15 is 0 Å². The first kappa shape index (κ1) is 12.0. The van der Waals surface area contributed by atoms with Gasteiger partial charge in [-0.3, -0.25) is 10.1 Å². The zero-order valence-electron chi connectivity index (χ0n) is 8.78. The van der Waals surface area contributed by atoms with Crippen molar-refractivity contribution in [3.05, 3.63) is 33.3 Å². The van der Waals surface area contributed by atoms with E-state index in [1.165, 1.54) is 18.2 Å². The fourth-order valence-electron chi connectivity index (χ4n) is 1.01. The Labute approximate surface area is 94.1 Å². The summed E-state index contributed by atoms with van der Waals surface area (Å²) < 4.78 is 5.63. The molecule has 15 heavy (non-hydrogen) atoms. The van der Waals surface area contributed by atoms with Gasteiger partial charge in [0.05, 0.1) is 16.0 Å². The van der Waals surface area contributed by atoms with E-state index in [-0.39, 0.29) is 5.69 Å². The van der Waals surface area contributed by atoms with Crippen LogP contribution in [0.4, 0.5) is 5.69 Å². The fraction of sp³-hybridized carbons (Fsp3) is 0.333. The first-order chi connectivity index (χ1) is 6.79. The molecule has 0 bridgehead atoms. The van der Waals surface area contributed by atoms with E-state index in [4.69, 9.17) is 16.0 Å². The summed E-state index contributed by atoms with van der Waals surface area (Å²) in [5.74, 6) is 0.394. The normalized spacial score (nSPS) is 11.2. The van der Waals surface area contributed by atoms with Crippen molar-refractivity contribution in [2.75, 3.05) is 0 Å². The van der Waals surface area contributed by atoms with Crippen molar-refractivity contribution in [1.82, 2.24) is 0 Å². The molecule has 0 saturated carbocycles. The third-order valence-electron chi connectivity index (χ3n) is 1.54. The lowest BCUT2D eigenvalue weighted by molar-refractivity contribution is -0.384. The minimum atomic E-state index is -1.79. The van der Waals surface area contributed by atoms with Gasteiger partial charge in [-0.05, 0) is 25.7 Å². The number of nitrogens with zero attached hydrogens (tertiary/aromatic N) is 1. The molecule has 1 rings (SSSR count). The molecule has 0 aromatic heterocycles. The van der Waals surface area contributed by atoms with Gasteiger partial charge in [0.1, 0.15) is 5.75 Å². The van der Waals surface area contributed by atoms with Crippen molar-refractivity contribution in [1.29, 1.82) is 0 Å². The highest BCUT2D eigenvalue weighted by Crippen LogP contribution is 2.30. The number of benzene rings is 1. The number of nitro groups is 1. The minimum Gasteiger partial charge on any atom is -0.543 e. The molecule has 0 amide bonds. The van der Waals surface area contributed by atoms with E-state index in [0.29, 0.717) is 10.8 Å². The summed E-state index contributed by atoms with van der Waals surface area (Å²) in [6.45, 7) is 5.96. The average Bonchev–Trinajstić information content (AvgIpc) is 2.06. The van der Waals surface area contributed by atoms with Gasteiger partial charge >= 0.3 is 0 Å². The topological polar surface area (TPSA) is 52.4 Å². The lowest BCUT2D eigenvalue weighted by Crippen LogP contribution is -2.29. The quantitative estimate of drug-likeness (QED) is 0.466. The zero-order valence-corrected chi connectivity index (χ0v) is 10.5. The maximum Gasteiger partial charge on any atom is 0.273 e. The summed E-state index contributed by atoms with van der Waals surface area (Å²) in [5, 5.41) is 11.0. The van der Waals surface area contributed by atoms with Crippen LogP contribution in [-0.4, -0.2) is 13.2 Å². The predicted octanol–water partition coefficient (Wildman–Crippen LogP) is 3.46. The fourth-order valence-corrected chi connectivity index (χ4v) is 2.06. The summed E-state index contributed by atoms with van der Waals surface area (Å²) in [4.78, 5) is 10.1. The lowest BCUT2D eigenvalue weighted by Gasteiger charge is -2.19. The van der Waals surface area contributed by atoms with Crippen LogP contribution in [0.5, 0.6) is 5.75 Å². The van der Waals surface area contributed by atoms with Crippen LogP contribution in [-0.2, 0) is 0 Å². The first-order valence-corrected chi connectivity index (χ1v) is 8.21. The van der Waals surface area contributed by atoms with E-state index in [0.717, 1.165) is 0 Å². The van der Waals surface area contributed by atoms with Gasteiger partial charge < -0.3 is 4.43 Å². The van der Waals surface area contributed by atoms with Crippen LogP contribution in [0.1, 0.15) is 0 Å². The van der Waals surface area contributed by atoms with Crippen LogP contribution >= 0.6 is 11.6 Å². The molecule has 1 aromatic rings. The molecule has 0 spiro atoms. The van der Waals surface area contributed by atoms with Crippen molar-refractivity contribution in [2.24, 2.45) is 0 Å². The van der Waals surface area contributed by atoms with Crippen molar-refractivity contribution >= 4 is 25.6 Å². The Bertz CT molecular complexity index is 389. The second-order valence-corrected chi connectivity index (χ2v) is 8.92. The number of non-ortho nitro benzene ring substituents is 1. The summed E-state index contributed by atoms with van der Waals surface area (Å²) in [7, 11) is -1.79. The summed E-state index contributed by atoms with van der Waals surface area (Å²) in [6.07, 6.45) is 0. The molecule has 0 aliphatic carbocycles. The van der Waals surface area contributed by atoms with Gasteiger partial charge in [-0.25, -0.2) is 0 Å². The van der Waals surface area contributed by atoms with Gasteiger partial charge in [0.25, 0.3) is 5.69 Å². The van der Waals surface area contributed by atoms with Crippen molar-refractivity contribution in [3.8, 4) is 5.75 Å². The van der Waals surface area contributed by atoms with Gasteiger partial charge in [-0.15, -0.1) is 0 Å². The second kappa shape index (κ2) is 4.20. The predicted molar refractivity (Wildman–Crippen MR) is 62.1 cm³/mol. The smallest absolute Gasteiger partial charge is 0.273 e. The largest absolute Gasteiger partial charge is 0.543 e. The van der Waals surface area contributed by atoms with E-state index in [9.17, 15) is 10.1 Å². The summed E-state index contributed by atoms with van der Waals surface area (Å²) in [6, 6.07) is 4.20. The van der Waals surface area contributed by atoms with Gasteiger partial charge in [0.2, 0.25) is 8.32 Å². The van der Waals surface area contributed by atoms with E-state index in [2.05, 4.69) is 0 Å². The Morgan fingerprint density at radius 2 is 2.00 bits per heavy atom. The van der Waals surface area contributed by atoms with Gasteiger partial charge in [0.15, 0.2) is 0 Å². The minimum absolute atomic E-state index is 0.00681. The SMILES string of the molecule is C[Si](C)(C)Oc1cc([N+](=O)[O-])ccc1Cl. The summed E-state index contributed by atoms with van der Waals surface area (Å²) in [5.41, 5.74) is -0.00681. The number of halogens is 1. The molecule has 0 aliphatic heterocycles. The van der Waals surface area contributed by atoms with Crippen LogP contribution in [0, 0.1) is 10.1 Å². The van der Waals surface area contributed by atoms with Gasteiger partial charge in [-0.2, -0.15) is 0 Å². The van der Waals surface area contributed by atoms with Crippen LogP contribution in [0.15, 0.2) is 18.2 Å². The zero-order chi connectivity index (χ0) is 11.6. The highest BCUT2D eigenvalue weighted by Gasteiger charge is 2.19. The maximum absolute atomic E-state index is 10.5. The molecule has 1 aromatic carbocycles. The Kier molecular flexibility index (Phi) is 3.36.